The van der Waals surface area contributed by atoms with Gasteiger partial charge < -0.3 is 14.6 Å². The number of benzene rings is 3. The van der Waals surface area contributed by atoms with Gasteiger partial charge in [0.05, 0.1) is 13.7 Å². The number of ether oxygens (including phenoxy) is 2. The fourth-order valence-corrected chi connectivity index (χ4v) is 4.54. The minimum absolute atomic E-state index is 0.0736. The Labute approximate surface area is 226 Å². The number of aliphatic hydroxyl groups excluding tert-OH is 1. The molecule has 0 aromatic heterocycles. The van der Waals surface area contributed by atoms with Crippen molar-refractivity contribution in [2.45, 2.75) is 24.5 Å². The number of aliphatic imine (C=N–C) groups is 1. The second-order valence-corrected chi connectivity index (χ2v) is 10.1. The van der Waals surface area contributed by atoms with E-state index in [4.69, 9.17) is 24.4 Å². The SMILES string of the molecule is CONC(=O)[C@@]1(Cc2ccc(Br)cc2)N=C(c2ccc(OCCCO)cc2)O[C@H]1c1ccc(Br)cc1. The summed E-state index contributed by atoms with van der Waals surface area (Å²) >= 11 is 6.94. The van der Waals surface area contributed by atoms with Crippen molar-refractivity contribution in [1.29, 1.82) is 0 Å². The third-order valence-electron chi connectivity index (χ3n) is 5.78. The van der Waals surface area contributed by atoms with Gasteiger partial charge in [-0.2, -0.15) is 0 Å². The van der Waals surface area contributed by atoms with Crippen molar-refractivity contribution >= 4 is 43.7 Å². The maximum Gasteiger partial charge on any atom is 0.276 e. The van der Waals surface area contributed by atoms with Crippen LogP contribution >= 0.6 is 31.9 Å². The number of halogens is 2. The Morgan fingerprint density at radius 3 is 2.28 bits per heavy atom. The largest absolute Gasteiger partial charge is 0.494 e. The second-order valence-electron chi connectivity index (χ2n) is 8.28. The molecule has 0 bridgehead atoms. The summed E-state index contributed by atoms with van der Waals surface area (Å²) in [7, 11) is 1.40. The van der Waals surface area contributed by atoms with Crippen LogP contribution in [0.3, 0.4) is 0 Å². The first-order chi connectivity index (χ1) is 17.4. The van der Waals surface area contributed by atoms with Crippen molar-refractivity contribution in [3.8, 4) is 5.75 Å². The van der Waals surface area contributed by atoms with Gasteiger partial charge in [-0.1, -0.05) is 56.1 Å². The molecule has 1 aliphatic heterocycles. The molecule has 0 aliphatic carbocycles. The highest BCUT2D eigenvalue weighted by molar-refractivity contribution is 9.10. The Kier molecular flexibility index (Phi) is 8.79. The first-order valence-corrected chi connectivity index (χ1v) is 13.0. The number of nitrogens with one attached hydrogen (secondary N) is 1. The summed E-state index contributed by atoms with van der Waals surface area (Å²) in [4.78, 5) is 23.5. The van der Waals surface area contributed by atoms with Gasteiger partial charge in [0.15, 0.2) is 11.6 Å². The van der Waals surface area contributed by atoms with Crippen molar-refractivity contribution in [2.75, 3.05) is 20.3 Å². The summed E-state index contributed by atoms with van der Waals surface area (Å²) < 4.78 is 13.9. The van der Waals surface area contributed by atoms with Gasteiger partial charge in [0.2, 0.25) is 5.90 Å². The second kappa shape index (κ2) is 12.0. The lowest BCUT2D eigenvalue weighted by atomic mass is 9.82. The van der Waals surface area contributed by atoms with E-state index in [1.807, 2.05) is 72.8 Å². The van der Waals surface area contributed by atoms with Crippen molar-refractivity contribution < 1.29 is 24.2 Å². The molecule has 9 heteroatoms. The summed E-state index contributed by atoms with van der Waals surface area (Å²) in [5, 5.41) is 8.96. The standard InChI is InChI=1S/C27H26Br2N2O5/c1-34-31-26(33)27(17-18-3-9-21(28)10-4-18)24(19-5-11-22(29)12-6-19)36-25(30-27)20-7-13-23(14-8-20)35-16-2-15-32/h3-14,24,32H,2,15-17H2,1H3,(H,31,33)/t24-,27-/m0/s1. The topological polar surface area (TPSA) is 89.4 Å². The molecule has 4 rings (SSSR count). The summed E-state index contributed by atoms with van der Waals surface area (Å²) in [6.45, 7) is 0.497. The molecule has 2 atom stereocenters. The van der Waals surface area contributed by atoms with E-state index in [2.05, 4.69) is 37.3 Å². The molecule has 188 valence electrons. The number of carbonyl (C=O) groups excluding carboxylic acids is 1. The van der Waals surface area contributed by atoms with Crippen molar-refractivity contribution in [3.63, 3.8) is 0 Å². The lowest BCUT2D eigenvalue weighted by molar-refractivity contribution is -0.139. The molecule has 0 saturated carbocycles. The maximum atomic E-state index is 13.6. The lowest BCUT2D eigenvalue weighted by Gasteiger charge is -2.30. The quantitative estimate of drug-likeness (QED) is 0.243. The zero-order valence-electron chi connectivity index (χ0n) is 19.6. The highest BCUT2D eigenvalue weighted by atomic mass is 79.9. The van der Waals surface area contributed by atoms with Crippen molar-refractivity contribution in [3.05, 3.63) is 98.4 Å². The Bertz CT molecular complexity index is 1200. The van der Waals surface area contributed by atoms with Gasteiger partial charge in [-0.15, -0.1) is 0 Å². The molecule has 1 amide bonds. The molecule has 3 aromatic carbocycles. The summed E-state index contributed by atoms with van der Waals surface area (Å²) in [5.41, 5.74) is 3.63. The fraction of sp³-hybridized carbons (Fsp3) is 0.259. The van der Waals surface area contributed by atoms with E-state index in [0.29, 0.717) is 31.1 Å². The van der Waals surface area contributed by atoms with E-state index in [1.54, 1.807) is 0 Å². The first-order valence-electron chi connectivity index (χ1n) is 11.4. The lowest BCUT2D eigenvalue weighted by Crippen LogP contribution is -2.49. The number of hydrogen-bond donors (Lipinski definition) is 2. The first kappa shape index (κ1) is 26.3. The maximum absolute atomic E-state index is 13.6. The molecule has 36 heavy (non-hydrogen) atoms. The van der Waals surface area contributed by atoms with Crippen molar-refractivity contribution in [2.24, 2.45) is 4.99 Å². The highest BCUT2D eigenvalue weighted by Gasteiger charge is 2.53. The molecule has 2 N–H and O–H groups in total. The van der Waals surface area contributed by atoms with Gasteiger partial charge in [-0.25, -0.2) is 10.5 Å². The van der Waals surface area contributed by atoms with Crippen LogP contribution in [0.4, 0.5) is 0 Å². The van der Waals surface area contributed by atoms with Gasteiger partial charge in [0, 0.05) is 34.0 Å². The number of hydrogen-bond acceptors (Lipinski definition) is 6. The van der Waals surface area contributed by atoms with Crippen molar-refractivity contribution in [1.82, 2.24) is 5.48 Å². The highest BCUT2D eigenvalue weighted by Crippen LogP contribution is 2.43. The van der Waals surface area contributed by atoms with Gasteiger partial charge in [-0.3, -0.25) is 9.63 Å². The molecule has 3 aromatic rings. The van der Waals surface area contributed by atoms with Crippen LogP contribution in [-0.2, 0) is 20.8 Å². The van der Waals surface area contributed by atoms with Gasteiger partial charge >= 0.3 is 0 Å². The number of carbonyl (C=O) groups is 1. The Morgan fingerprint density at radius 2 is 1.67 bits per heavy atom. The number of rotatable bonds is 10. The predicted octanol–water partition coefficient (Wildman–Crippen LogP) is 5.15. The minimum Gasteiger partial charge on any atom is -0.494 e. The Balaban J connectivity index is 1.75. The third-order valence-corrected chi connectivity index (χ3v) is 6.84. The predicted molar refractivity (Wildman–Crippen MR) is 144 cm³/mol. The van der Waals surface area contributed by atoms with Gasteiger partial charge in [-0.05, 0) is 59.7 Å². The number of amides is 1. The molecule has 0 radical (unpaired) electrons. The van der Waals surface area contributed by atoms with E-state index < -0.39 is 17.6 Å². The molecular weight excluding hydrogens is 592 g/mol. The van der Waals surface area contributed by atoms with Gasteiger partial charge in [0.25, 0.3) is 5.91 Å². The molecule has 1 heterocycles. The minimum atomic E-state index is -1.32. The zero-order valence-corrected chi connectivity index (χ0v) is 22.8. The van der Waals surface area contributed by atoms with Gasteiger partial charge in [0.1, 0.15) is 5.75 Å². The molecule has 0 spiro atoms. The molecule has 0 unspecified atom stereocenters. The number of aliphatic hydroxyl groups is 1. The fourth-order valence-electron chi connectivity index (χ4n) is 4.01. The summed E-state index contributed by atoms with van der Waals surface area (Å²) in [6.07, 6.45) is 0.154. The van der Waals surface area contributed by atoms with Crippen LogP contribution in [0.25, 0.3) is 0 Å². The normalized spacial score (nSPS) is 18.9. The monoisotopic (exact) mass is 616 g/mol. The van der Waals surface area contributed by atoms with Crippen LogP contribution in [0, 0.1) is 0 Å². The Morgan fingerprint density at radius 1 is 1.03 bits per heavy atom. The summed E-state index contributed by atoms with van der Waals surface area (Å²) in [6, 6.07) is 22.8. The van der Waals surface area contributed by atoms with Crippen LogP contribution in [-0.4, -0.2) is 42.8 Å². The molecule has 7 nitrogen and oxygen atoms in total. The third kappa shape index (κ3) is 5.98. The number of nitrogens with zero attached hydrogens (tertiary/aromatic N) is 1. The van der Waals surface area contributed by atoms with E-state index >= 15 is 0 Å². The average molecular weight is 618 g/mol. The van der Waals surface area contributed by atoms with Crippen LogP contribution in [0.1, 0.15) is 29.2 Å². The van der Waals surface area contributed by atoms with E-state index in [0.717, 1.165) is 25.6 Å². The molecule has 0 saturated heterocycles. The van der Waals surface area contributed by atoms with Crippen LogP contribution in [0.15, 0.2) is 86.7 Å². The zero-order chi connectivity index (χ0) is 25.5. The Hall–Kier alpha value is -2.72. The van der Waals surface area contributed by atoms with Crippen LogP contribution in [0.5, 0.6) is 5.75 Å². The molecule has 0 fully saturated rings. The average Bonchev–Trinajstić information content (AvgIpc) is 3.27. The van der Waals surface area contributed by atoms with Crippen LogP contribution in [0.2, 0.25) is 0 Å². The van der Waals surface area contributed by atoms with E-state index in [-0.39, 0.29) is 6.61 Å². The molecular formula is C27H26Br2N2O5. The smallest absolute Gasteiger partial charge is 0.276 e. The number of hydroxylamine groups is 1. The van der Waals surface area contributed by atoms with E-state index in [1.165, 1.54) is 7.11 Å². The van der Waals surface area contributed by atoms with E-state index in [9.17, 15) is 4.79 Å². The molecule has 1 aliphatic rings. The summed E-state index contributed by atoms with van der Waals surface area (Å²) in [5.74, 6) is 0.626. The van der Waals surface area contributed by atoms with Crippen LogP contribution < -0.4 is 10.2 Å².